The normalized spacial score (nSPS) is 13.7. The Hall–Kier alpha value is -12.6. The van der Waals surface area contributed by atoms with E-state index in [1.807, 2.05) is 123 Å². The van der Waals surface area contributed by atoms with Crippen molar-refractivity contribution in [2.24, 2.45) is 17.4 Å². The summed E-state index contributed by atoms with van der Waals surface area (Å²) >= 11 is 0. The molecule has 0 saturated carbocycles. The van der Waals surface area contributed by atoms with E-state index < -0.39 is 108 Å². The fourth-order valence-electron chi connectivity index (χ4n) is 13.4. The van der Waals surface area contributed by atoms with Crippen molar-refractivity contribution in [3.63, 3.8) is 0 Å². The molecule has 0 radical (unpaired) electrons. The van der Waals surface area contributed by atoms with Gasteiger partial charge < -0.3 is 73.7 Å². The highest BCUT2D eigenvalue weighted by molar-refractivity contribution is 6.03. The Morgan fingerprint density at radius 2 is 0.781 bits per heavy atom. The minimum absolute atomic E-state index is 0.00127. The Bertz CT molecular complexity index is 4840. The first-order chi connectivity index (χ1) is 50.6. The van der Waals surface area contributed by atoms with Gasteiger partial charge >= 0.3 is 6.09 Å². The van der Waals surface area contributed by atoms with Gasteiger partial charge in [-0.1, -0.05) is 178 Å². The Morgan fingerprint density at radius 3 is 1.22 bits per heavy atom. The molecule has 0 bridgehead atoms. The number of carbonyl (C=O) groups is 10. The molecule has 1 aliphatic carbocycles. The molecule has 24 heteroatoms. The first-order valence-electron chi connectivity index (χ1n) is 34.9. The Balaban J connectivity index is 0.820. The average Bonchev–Trinajstić information content (AvgIpc) is 1.62. The first kappa shape index (κ1) is 73.6. The highest BCUT2D eigenvalue weighted by Crippen LogP contribution is 2.44. The highest BCUT2D eigenvalue weighted by Gasteiger charge is 2.37. The SMILES string of the molecule is CC(C)=C(NC(=O)[C@H](Cc1ccccc1)NC(=O)[C@H](Cc1c[nH]c2ccccc12)NC(=O)OCC1c2ccccc2-c2ccccc21)C(=O)N[C@@H](CC(C)C)C(=O)N[C@@H](Cc1c[nH]c2ccccc12)C(=O)N[C@@H](CC(N)=O)C(=O)N[C@@H](Cc1c[nH]c2ccccc12)C(=O)N[C@@H](Cc1ccccc1)C(N)=O. The summed E-state index contributed by atoms with van der Waals surface area (Å²) in [5.74, 6) is -8.48. The van der Waals surface area contributed by atoms with Gasteiger partial charge in [-0.25, -0.2) is 4.79 Å². The fourth-order valence-corrected chi connectivity index (χ4v) is 13.4. The van der Waals surface area contributed by atoms with Gasteiger partial charge in [0.2, 0.25) is 47.3 Å². The van der Waals surface area contributed by atoms with Crippen LogP contribution in [0.2, 0.25) is 0 Å². The molecule has 10 aromatic rings. The van der Waals surface area contributed by atoms with Crippen LogP contribution >= 0.6 is 0 Å². The van der Waals surface area contributed by atoms with Crippen molar-refractivity contribution in [3.8, 4) is 11.1 Å². The van der Waals surface area contributed by atoms with Gasteiger partial charge in [0.05, 0.1) is 6.42 Å². The quantitative estimate of drug-likeness (QED) is 0.0186. The molecule has 3 aromatic heterocycles. The zero-order valence-corrected chi connectivity index (χ0v) is 58.6. The molecule has 3 heterocycles. The monoisotopic (exact) mass is 1420 g/mol. The largest absolute Gasteiger partial charge is 0.449 e. The molecule has 1 aliphatic rings. The van der Waals surface area contributed by atoms with Crippen LogP contribution in [-0.4, -0.2) is 123 Å². The number of primary amides is 2. The van der Waals surface area contributed by atoms with E-state index in [9.17, 15) is 33.6 Å². The number of nitrogens with two attached hydrogens (primary N) is 2. The van der Waals surface area contributed by atoms with Crippen molar-refractivity contribution in [1.82, 2.24) is 57.5 Å². The molecule has 0 saturated heterocycles. The molecule has 24 nitrogen and oxygen atoms in total. The van der Waals surface area contributed by atoms with Crippen molar-refractivity contribution in [3.05, 3.63) is 251 Å². The third-order valence-electron chi connectivity index (χ3n) is 18.7. The number of para-hydroxylation sites is 3. The molecule has 105 heavy (non-hydrogen) atoms. The number of nitrogens with one attached hydrogen (secondary N) is 11. The molecule has 11 rings (SSSR count). The minimum atomic E-state index is -1.75. The average molecular weight is 1420 g/mol. The topological polar surface area (TPSA) is 376 Å². The Kier molecular flexibility index (Phi) is 23.8. The van der Waals surface area contributed by atoms with Crippen LogP contribution in [0.3, 0.4) is 0 Å². The fraction of sp³-hybridized carbons (Fsp3) is 0.259. The Morgan fingerprint density at radius 1 is 0.410 bits per heavy atom. The predicted octanol–water partition coefficient (Wildman–Crippen LogP) is 7.28. The number of fused-ring (bicyclic) bond motifs is 6. The van der Waals surface area contributed by atoms with Crippen LogP contribution in [0.15, 0.2) is 212 Å². The lowest BCUT2D eigenvalue weighted by molar-refractivity contribution is -0.136. The summed E-state index contributed by atoms with van der Waals surface area (Å²) in [5, 5.41) is 24.3. The number of rotatable bonds is 32. The van der Waals surface area contributed by atoms with Gasteiger partial charge in [-0.15, -0.1) is 0 Å². The molecular weight excluding hydrogens is 1330 g/mol. The molecule has 15 N–H and O–H groups in total. The van der Waals surface area contributed by atoms with Crippen LogP contribution in [0.1, 0.15) is 85.4 Å². The second kappa shape index (κ2) is 33.9. The number of H-pyrrole nitrogens is 3. The van der Waals surface area contributed by atoms with Gasteiger partial charge in [0, 0.05) is 89.3 Å². The number of alkyl carbamates (subject to hydrolysis) is 1. The Labute approximate surface area is 606 Å². The maximum Gasteiger partial charge on any atom is 0.407 e. The number of aromatic amines is 3. The number of carbonyl (C=O) groups excluding carboxylic acids is 10. The van der Waals surface area contributed by atoms with Gasteiger partial charge in [0.1, 0.15) is 54.6 Å². The number of hydrogen-bond acceptors (Lipinski definition) is 11. The minimum Gasteiger partial charge on any atom is -0.449 e. The van der Waals surface area contributed by atoms with E-state index in [0.29, 0.717) is 44.3 Å². The highest BCUT2D eigenvalue weighted by atomic mass is 16.5. The zero-order chi connectivity index (χ0) is 74.3. The van der Waals surface area contributed by atoms with Crippen molar-refractivity contribution >= 4 is 92.0 Å². The lowest BCUT2D eigenvalue weighted by Crippen LogP contribution is -2.60. The van der Waals surface area contributed by atoms with Crippen molar-refractivity contribution in [1.29, 1.82) is 0 Å². The van der Waals surface area contributed by atoms with Gasteiger partial charge in [-0.3, -0.25) is 43.2 Å². The number of allylic oxidation sites excluding steroid dienone is 1. The molecule has 0 aliphatic heterocycles. The molecule has 7 atom stereocenters. The number of aromatic nitrogens is 3. The maximum absolute atomic E-state index is 15.1. The van der Waals surface area contributed by atoms with Crippen LogP contribution in [0.5, 0.6) is 0 Å². The summed E-state index contributed by atoms with van der Waals surface area (Å²) in [5.41, 5.74) is 21.1. The van der Waals surface area contributed by atoms with Crippen molar-refractivity contribution < 1.29 is 52.7 Å². The third-order valence-corrected chi connectivity index (χ3v) is 18.7. The van der Waals surface area contributed by atoms with E-state index >= 15 is 14.4 Å². The van der Waals surface area contributed by atoms with E-state index in [-0.39, 0.29) is 62.7 Å². The van der Waals surface area contributed by atoms with Gasteiger partial charge in [0.15, 0.2) is 0 Å². The smallest absolute Gasteiger partial charge is 0.407 e. The summed E-state index contributed by atoms with van der Waals surface area (Å²) in [6.07, 6.45) is 3.02. The van der Waals surface area contributed by atoms with E-state index in [2.05, 4.69) is 57.5 Å². The molecule has 540 valence electrons. The van der Waals surface area contributed by atoms with E-state index in [4.69, 9.17) is 16.2 Å². The van der Waals surface area contributed by atoms with Crippen LogP contribution in [0, 0.1) is 5.92 Å². The van der Waals surface area contributed by atoms with E-state index in [1.54, 1.807) is 105 Å². The first-order valence-corrected chi connectivity index (χ1v) is 34.9. The van der Waals surface area contributed by atoms with Crippen molar-refractivity contribution in [2.45, 2.75) is 121 Å². The number of ether oxygens (including phenoxy) is 1. The van der Waals surface area contributed by atoms with Gasteiger partial charge in [0.25, 0.3) is 5.91 Å². The summed E-state index contributed by atoms with van der Waals surface area (Å²) < 4.78 is 5.96. The lowest BCUT2D eigenvalue weighted by atomic mass is 9.98. The van der Waals surface area contributed by atoms with Crippen molar-refractivity contribution in [2.75, 3.05) is 6.61 Å². The molecule has 10 amide bonds. The summed E-state index contributed by atoms with van der Waals surface area (Å²) in [6.45, 7) is 6.75. The maximum atomic E-state index is 15.1. The zero-order valence-electron chi connectivity index (χ0n) is 58.6. The predicted molar refractivity (Wildman–Crippen MR) is 399 cm³/mol. The van der Waals surface area contributed by atoms with Crippen LogP contribution in [-0.2, 0) is 80.0 Å². The molecule has 0 unspecified atom stereocenters. The van der Waals surface area contributed by atoms with E-state index in [1.165, 1.54) is 0 Å². The number of amides is 10. The summed E-state index contributed by atoms with van der Waals surface area (Å²) in [7, 11) is 0. The molecular formula is C81H85N13O11. The summed E-state index contributed by atoms with van der Waals surface area (Å²) in [4.78, 5) is 154. The molecule has 0 fully saturated rings. The molecule has 0 spiro atoms. The van der Waals surface area contributed by atoms with Crippen LogP contribution in [0.25, 0.3) is 43.8 Å². The number of benzene rings is 7. The van der Waals surface area contributed by atoms with Gasteiger partial charge in [-0.2, -0.15) is 0 Å². The number of hydrogen-bond donors (Lipinski definition) is 13. The second-order valence-corrected chi connectivity index (χ2v) is 27.0. The van der Waals surface area contributed by atoms with Crippen LogP contribution in [0.4, 0.5) is 4.79 Å². The standard InChI is InChI=1S/C81H85N13O11/c1-46(2)35-65(74(97)89-68(39-51-43-85-62-33-19-16-26-54(51)62)76(99)91-70(41-71(82)95)78(101)90-67(38-50-42-84-61-32-18-15-25-53(50)61)75(98)87-64(73(83)96)36-48-21-7-5-8-22-48)92-80(103)72(47(3)4)94-79(102)66(37-49-23-9-6-10-24-49)88-77(100)69(40-52-44-86-63-34-20-17-27-55(52)63)93-81(104)105-45-60-58-30-13-11-28-56(58)57-29-12-14-31-59(57)60/h5-34,42-44,46,60,64-70,84-86H,35-41,45H2,1-4H3,(H2,82,95)(H2,83,96)(H,87,98)(H,88,100)(H,89,97)(H,90,101)(H,91,99)(H,92,103)(H,93,104)(H,94,102)/t64-,65-,66-,67-,68-,69-,70-/m0/s1. The molecule has 7 aromatic carbocycles. The van der Waals surface area contributed by atoms with Gasteiger partial charge in [-0.05, 0) is 100 Å². The summed E-state index contributed by atoms with van der Waals surface area (Å²) in [6, 6.07) is 45.5. The van der Waals surface area contributed by atoms with E-state index in [0.717, 1.165) is 44.1 Å². The third kappa shape index (κ3) is 18.6. The van der Waals surface area contributed by atoms with Crippen LogP contribution < -0.4 is 54.0 Å². The lowest BCUT2D eigenvalue weighted by Gasteiger charge is -2.27. The second-order valence-electron chi connectivity index (χ2n) is 27.0.